The minimum Gasteiger partial charge on any atom is -0.465 e. The van der Waals surface area contributed by atoms with Gasteiger partial charge in [0.15, 0.2) is 0 Å². The Kier molecular flexibility index (Phi) is 7.76. The molecule has 8 nitrogen and oxygen atoms in total. The Morgan fingerprint density at radius 1 is 0.844 bits per heavy atom. The van der Waals surface area contributed by atoms with E-state index in [4.69, 9.17) is 18.9 Å². The Hall–Kier alpha value is -3.16. The maximum atomic E-state index is 13.3. The van der Waals surface area contributed by atoms with Crippen LogP contribution in [-0.2, 0) is 33.3 Å². The first kappa shape index (κ1) is 31.8. The van der Waals surface area contributed by atoms with Gasteiger partial charge in [-0.15, -0.1) is 0 Å². The van der Waals surface area contributed by atoms with Crippen LogP contribution in [0, 0.1) is 45.3 Å². The van der Waals surface area contributed by atoms with Crippen molar-refractivity contribution in [1.82, 2.24) is 0 Å². The smallest absolute Gasteiger partial charge is 0.338 e. The Morgan fingerprint density at radius 2 is 1.51 bits per heavy atom. The number of hydrogen-bond acceptors (Lipinski definition) is 8. The van der Waals surface area contributed by atoms with E-state index in [2.05, 4.69) is 40.7 Å². The molecule has 244 valence electrons. The van der Waals surface area contributed by atoms with Crippen molar-refractivity contribution in [2.45, 2.75) is 105 Å². The molecule has 0 radical (unpaired) electrons. The van der Waals surface area contributed by atoms with Crippen LogP contribution in [0.2, 0.25) is 0 Å². The van der Waals surface area contributed by atoms with Crippen LogP contribution in [0.3, 0.4) is 0 Å². The fourth-order valence-corrected chi connectivity index (χ4v) is 11.1. The number of carbonyl (C=O) groups excluding carboxylic acids is 4. The van der Waals surface area contributed by atoms with E-state index in [-0.39, 0.29) is 47.0 Å². The first-order chi connectivity index (χ1) is 21.1. The molecule has 4 fully saturated rings. The van der Waals surface area contributed by atoms with Crippen molar-refractivity contribution in [3.63, 3.8) is 0 Å². The minimum absolute atomic E-state index is 0.0297. The zero-order chi connectivity index (χ0) is 32.5. The van der Waals surface area contributed by atoms with Gasteiger partial charge in [0.25, 0.3) is 0 Å². The summed E-state index contributed by atoms with van der Waals surface area (Å²) < 4.78 is 24.2. The molecule has 1 heterocycles. The SMILES string of the molecule is CC(=O)O[C@H]1CC(OC(=O)c2ccccc2)C(C)(C)C2C[C@@H](OC(C)=O)[C@@]3(C)C4=CCC([C@@H]5COC(=O)C5)[C@]4(C)CCC3[C@]21C. The van der Waals surface area contributed by atoms with E-state index in [9.17, 15) is 19.2 Å². The van der Waals surface area contributed by atoms with Crippen LogP contribution in [0.25, 0.3) is 0 Å². The number of fused-ring (bicyclic) bond motifs is 5. The molecule has 45 heavy (non-hydrogen) atoms. The monoisotopic (exact) mass is 620 g/mol. The second kappa shape index (κ2) is 11.0. The zero-order valence-electron chi connectivity index (χ0n) is 27.7. The van der Waals surface area contributed by atoms with Gasteiger partial charge in [0.2, 0.25) is 0 Å². The van der Waals surface area contributed by atoms with Crippen LogP contribution < -0.4 is 0 Å². The van der Waals surface area contributed by atoms with Crippen LogP contribution in [0.1, 0.15) is 97.3 Å². The molecule has 6 rings (SSSR count). The van der Waals surface area contributed by atoms with Gasteiger partial charge in [-0.2, -0.15) is 0 Å². The summed E-state index contributed by atoms with van der Waals surface area (Å²) in [6.45, 7) is 14.5. The molecule has 8 heteroatoms. The molecule has 0 bridgehead atoms. The highest BCUT2D eigenvalue weighted by atomic mass is 16.6. The number of rotatable bonds is 5. The van der Waals surface area contributed by atoms with E-state index in [1.165, 1.54) is 19.4 Å². The normalized spacial score (nSPS) is 41.4. The molecule has 1 saturated heterocycles. The standard InChI is InChI=1S/C37H48O8/c1-21(38)43-30-18-28-34(3,4)29(45-33(41)23-11-9-8-10-12-23)19-31(44-22(2)39)37(28,7)27-15-16-35(5)25(24-17-32(40)42-20-24)13-14-26(35)36(27,30)6/h8-12,14,24-25,27-31H,13,15-20H2,1-7H3/t24-,25?,27?,28?,29?,30+,31-,35-,36-,37+/m0/s1. The lowest BCUT2D eigenvalue weighted by atomic mass is 9.36. The van der Waals surface area contributed by atoms with Gasteiger partial charge in [-0.05, 0) is 61.0 Å². The summed E-state index contributed by atoms with van der Waals surface area (Å²) in [7, 11) is 0. The molecular weight excluding hydrogens is 572 g/mol. The average Bonchev–Trinajstić information content (AvgIpc) is 3.55. The van der Waals surface area contributed by atoms with Crippen LogP contribution in [0.15, 0.2) is 42.0 Å². The van der Waals surface area contributed by atoms with Gasteiger partial charge in [0.1, 0.15) is 18.3 Å². The van der Waals surface area contributed by atoms with Crippen molar-refractivity contribution >= 4 is 23.9 Å². The lowest BCUT2D eigenvalue weighted by Crippen LogP contribution is -2.70. The molecule has 1 aromatic rings. The second-order valence-electron chi connectivity index (χ2n) is 15.6. The van der Waals surface area contributed by atoms with Crippen molar-refractivity contribution in [2.24, 2.45) is 45.3 Å². The maximum absolute atomic E-state index is 13.3. The molecule has 10 atom stereocenters. The predicted octanol–water partition coefficient (Wildman–Crippen LogP) is 6.46. The Bertz CT molecular complexity index is 1410. The molecular formula is C37H48O8. The number of hydrogen-bond donors (Lipinski definition) is 0. The van der Waals surface area contributed by atoms with Gasteiger partial charge in [0.05, 0.1) is 18.6 Å². The fraction of sp³-hybridized carbons (Fsp3) is 0.676. The third kappa shape index (κ3) is 4.84. The number of carbonyl (C=O) groups is 4. The van der Waals surface area contributed by atoms with E-state index in [1.807, 2.05) is 18.2 Å². The highest BCUT2D eigenvalue weighted by Gasteiger charge is 2.72. The molecule has 5 aliphatic rings. The van der Waals surface area contributed by atoms with Crippen molar-refractivity contribution in [1.29, 1.82) is 0 Å². The molecule has 4 unspecified atom stereocenters. The highest BCUT2D eigenvalue weighted by molar-refractivity contribution is 5.89. The van der Waals surface area contributed by atoms with Crippen LogP contribution in [-0.4, -0.2) is 48.8 Å². The van der Waals surface area contributed by atoms with E-state index in [0.717, 1.165) is 19.3 Å². The van der Waals surface area contributed by atoms with Crippen molar-refractivity contribution in [3.8, 4) is 0 Å². The average molecular weight is 621 g/mol. The molecule has 0 amide bonds. The van der Waals surface area contributed by atoms with Crippen molar-refractivity contribution < 1.29 is 38.1 Å². The van der Waals surface area contributed by atoms with E-state index < -0.39 is 40.5 Å². The number of ether oxygens (including phenoxy) is 4. The van der Waals surface area contributed by atoms with Crippen LogP contribution >= 0.6 is 0 Å². The van der Waals surface area contributed by atoms with E-state index in [1.54, 1.807) is 12.1 Å². The highest BCUT2D eigenvalue weighted by Crippen LogP contribution is 2.74. The molecule has 1 aromatic carbocycles. The Morgan fingerprint density at radius 3 is 2.13 bits per heavy atom. The zero-order valence-corrected chi connectivity index (χ0v) is 27.7. The largest absolute Gasteiger partial charge is 0.465 e. The van der Waals surface area contributed by atoms with Gasteiger partial charge in [0, 0.05) is 42.4 Å². The van der Waals surface area contributed by atoms with E-state index in [0.29, 0.717) is 31.4 Å². The van der Waals surface area contributed by atoms with Gasteiger partial charge in [-0.3, -0.25) is 14.4 Å². The number of cyclic esters (lactones) is 1. The summed E-state index contributed by atoms with van der Waals surface area (Å²) in [4.78, 5) is 50.9. The van der Waals surface area contributed by atoms with Gasteiger partial charge in [-0.25, -0.2) is 4.79 Å². The summed E-state index contributed by atoms with van der Waals surface area (Å²) in [5.41, 5.74) is 0.111. The second-order valence-corrected chi connectivity index (χ2v) is 15.6. The first-order valence-electron chi connectivity index (χ1n) is 16.6. The maximum Gasteiger partial charge on any atom is 0.338 e. The molecule has 3 saturated carbocycles. The summed E-state index contributed by atoms with van der Waals surface area (Å²) in [5.74, 6) is -0.822. The molecule has 0 N–H and O–H groups in total. The summed E-state index contributed by atoms with van der Waals surface area (Å²) >= 11 is 0. The lowest BCUT2D eigenvalue weighted by Gasteiger charge is -2.70. The van der Waals surface area contributed by atoms with Gasteiger partial charge in [-0.1, -0.05) is 64.5 Å². The van der Waals surface area contributed by atoms with Gasteiger partial charge < -0.3 is 18.9 Å². The number of esters is 4. The predicted molar refractivity (Wildman–Crippen MR) is 166 cm³/mol. The van der Waals surface area contributed by atoms with Gasteiger partial charge >= 0.3 is 23.9 Å². The number of allylic oxidation sites excluding steroid dienone is 1. The lowest BCUT2D eigenvalue weighted by molar-refractivity contribution is -0.259. The minimum atomic E-state index is -0.515. The molecule has 0 spiro atoms. The quantitative estimate of drug-likeness (QED) is 0.210. The van der Waals surface area contributed by atoms with Crippen LogP contribution in [0.4, 0.5) is 0 Å². The molecule has 4 aliphatic carbocycles. The summed E-state index contributed by atoms with van der Waals surface area (Å²) in [6, 6.07) is 8.96. The topological polar surface area (TPSA) is 105 Å². The third-order valence-electron chi connectivity index (χ3n) is 13.1. The van der Waals surface area contributed by atoms with Crippen molar-refractivity contribution in [3.05, 3.63) is 47.5 Å². The summed E-state index contributed by atoms with van der Waals surface area (Å²) in [6.07, 6.45) is 4.97. The summed E-state index contributed by atoms with van der Waals surface area (Å²) in [5, 5.41) is 0. The fourth-order valence-electron chi connectivity index (χ4n) is 11.1. The molecule has 0 aromatic heterocycles. The first-order valence-corrected chi connectivity index (χ1v) is 16.6. The number of benzene rings is 1. The van der Waals surface area contributed by atoms with E-state index >= 15 is 0 Å². The Labute approximate surface area is 266 Å². The van der Waals surface area contributed by atoms with Crippen LogP contribution in [0.5, 0.6) is 0 Å². The van der Waals surface area contributed by atoms with Crippen molar-refractivity contribution in [2.75, 3.05) is 6.61 Å². The Balaban J connectivity index is 1.41. The molecule has 1 aliphatic heterocycles. The third-order valence-corrected chi connectivity index (χ3v) is 13.1.